The minimum Gasteiger partial charge on any atom is -0.0587 e. The Bertz CT molecular complexity index is 916. The molecular formula is C36H58. The largest absolute Gasteiger partial charge is 0.0587 e. The van der Waals surface area contributed by atoms with Crippen LogP contribution in [0.4, 0.5) is 0 Å². The third kappa shape index (κ3) is 7.49. The average Bonchev–Trinajstić information content (AvgIpc) is 2.73. The van der Waals surface area contributed by atoms with Crippen molar-refractivity contribution in [2.75, 3.05) is 0 Å². The minimum absolute atomic E-state index is 0.183. The second kappa shape index (κ2) is 11.9. The Labute approximate surface area is 225 Å². The number of rotatable bonds is 9. The van der Waals surface area contributed by atoms with Gasteiger partial charge in [0.15, 0.2) is 0 Å². The summed E-state index contributed by atoms with van der Waals surface area (Å²) in [6.45, 7) is 33.0. The molecule has 0 heteroatoms. The van der Waals surface area contributed by atoms with E-state index in [-0.39, 0.29) is 10.8 Å². The molecule has 0 saturated carbocycles. The highest BCUT2D eigenvalue weighted by Gasteiger charge is 2.24. The van der Waals surface area contributed by atoms with Crippen LogP contribution in [-0.4, -0.2) is 0 Å². The molecule has 2 aromatic carbocycles. The van der Waals surface area contributed by atoms with Crippen LogP contribution in [0.5, 0.6) is 0 Å². The molecule has 0 spiro atoms. The molecule has 0 N–H and O–H groups in total. The number of unbranched alkanes of at least 4 members (excludes halogenated alkanes) is 1. The molecule has 0 amide bonds. The van der Waals surface area contributed by atoms with E-state index >= 15 is 0 Å². The first-order chi connectivity index (χ1) is 16.4. The summed E-state index contributed by atoms with van der Waals surface area (Å²) < 4.78 is 0. The van der Waals surface area contributed by atoms with Crippen LogP contribution in [0.3, 0.4) is 0 Å². The van der Waals surface area contributed by atoms with Crippen LogP contribution in [0.2, 0.25) is 0 Å². The molecule has 0 fully saturated rings. The van der Waals surface area contributed by atoms with E-state index in [9.17, 15) is 0 Å². The van der Waals surface area contributed by atoms with E-state index in [0.29, 0.717) is 23.7 Å². The van der Waals surface area contributed by atoms with E-state index in [1.165, 1.54) is 36.8 Å². The van der Waals surface area contributed by atoms with Crippen LogP contribution in [0.15, 0.2) is 24.3 Å². The summed E-state index contributed by atoms with van der Waals surface area (Å²) in [6.07, 6.45) is 4.88. The average molecular weight is 491 g/mol. The molecule has 0 unspecified atom stereocenters. The van der Waals surface area contributed by atoms with Gasteiger partial charge in [-0.05, 0) is 105 Å². The van der Waals surface area contributed by atoms with Crippen LogP contribution in [-0.2, 0) is 23.7 Å². The molecule has 2 aromatic rings. The second-order valence-corrected chi connectivity index (χ2v) is 14.6. The summed E-state index contributed by atoms with van der Waals surface area (Å²) >= 11 is 0. The fourth-order valence-corrected chi connectivity index (χ4v) is 5.75. The van der Waals surface area contributed by atoms with Crippen LogP contribution < -0.4 is 0 Å². The predicted octanol–water partition coefficient (Wildman–Crippen LogP) is 11.3. The van der Waals surface area contributed by atoms with Crippen molar-refractivity contribution in [3.8, 4) is 0 Å². The number of hydrogen-bond donors (Lipinski definition) is 0. The predicted molar refractivity (Wildman–Crippen MR) is 163 cm³/mol. The van der Waals surface area contributed by atoms with Gasteiger partial charge in [-0.2, -0.15) is 0 Å². The van der Waals surface area contributed by atoms with Gasteiger partial charge < -0.3 is 0 Å². The first-order valence-electron chi connectivity index (χ1n) is 14.8. The molecule has 36 heavy (non-hydrogen) atoms. The maximum Gasteiger partial charge on any atom is -0.0129 e. The standard InChI is InChI=1S/C36H58/c1-23(2)29-21-33(35(9,10)11)31(25(5)6)19-27(29)17-15-16-18-28-20-32(26(7)8)34(36(12,13)14)22-30(28)24(3)4/h19-26H,15-18H2,1-14H3. The second-order valence-electron chi connectivity index (χ2n) is 14.6. The zero-order chi connectivity index (χ0) is 27.6. The van der Waals surface area contributed by atoms with Gasteiger partial charge >= 0.3 is 0 Å². The molecule has 0 bridgehead atoms. The minimum atomic E-state index is 0.183. The fourth-order valence-electron chi connectivity index (χ4n) is 5.75. The van der Waals surface area contributed by atoms with Gasteiger partial charge in [0.2, 0.25) is 0 Å². The van der Waals surface area contributed by atoms with Crippen molar-refractivity contribution >= 4 is 0 Å². The Morgan fingerprint density at radius 2 is 0.722 bits per heavy atom. The van der Waals surface area contributed by atoms with Gasteiger partial charge in [0.25, 0.3) is 0 Å². The first kappa shape index (κ1) is 30.7. The number of aryl methyl sites for hydroxylation is 2. The number of benzene rings is 2. The SMILES string of the molecule is CC(C)c1cc(C(C)(C)C)c(C(C)C)cc1CCCCc1cc(C(C)C)c(C(C)(C)C)cc1C(C)C. The highest BCUT2D eigenvalue weighted by atomic mass is 14.3. The summed E-state index contributed by atoms with van der Waals surface area (Å²) in [5.41, 5.74) is 12.8. The number of hydrogen-bond acceptors (Lipinski definition) is 0. The van der Waals surface area contributed by atoms with Crippen LogP contribution in [0.25, 0.3) is 0 Å². The summed E-state index contributed by atoms with van der Waals surface area (Å²) in [5.74, 6) is 2.24. The first-order valence-corrected chi connectivity index (χ1v) is 14.8. The molecule has 0 heterocycles. The third-order valence-electron chi connectivity index (χ3n) is 7.87. The van der Waals surface area contributed by atoms with Crippen LogP contribution >= 0.6 is 0 Å². The van der Waals surface area contributed by atoms with Crippen molar-refractivity contribution < 1.29 is 0 Å². The van der Waals surface area contributed by atoms with Crippen molar-refractivity contribution in [1.82, 2.24) is 0 Å². The molecule has 0 atom stereocenters. The topological polar surface area (TPSA) is 0 Å². The maximum absolute atomic E-state index is 2.56. The van der Waals surface area contributed by atoms with Crippen molar-refractivity contribution in [1.29, 1.82) is 0 Å². The van der Waals surface area contributed by atoms with E-state index in [1.54, 1.807) is 33.4 Å². The Morgan fingerprint density at radius 1 is 0.444 bits per heavy atom. The highest BCUT2D eigenvalue weighted by molar-refractivity contribution is 5.46. The fraction of sp³-hybridized carbons (Fsp3) is 0.667. The van der Waals surface area contributed by atoms with Crippen molar-refractivity contribution in [3.63, 3.8) is 0 Å². The van der Waals surface area contributed by atoms with Gasteiger partial charge in [-0.25, -0.2) is 0 Å². The smallest absolute Gasteiger partial charge is 0.0129 e. The molecule has 0 saturated heterocycles. The quantitative estimate of drug-likeness (QED) is 0.306. The third-order valence-corrected chi connectivity index (χ3v) is 7.87. The summed E-state index contributed by atoms with van der Waals surface area (Å²) in [4.78, 5) is 0. The van der Waals surface area contributed by atoms with Gasteiger partial charge in [0, 0.05) is 0 Å². The van der Waals surface area contributed by atoms with Crippen molar-refractivity contribution in [2.45, 2.75) is 157 Å². The Morgan fingerprint density at radius 3 is 0.944 bits per heavy atom. The molecule has 0 nitrogen and oxygen atoms in total. The van der Waals surface area contributed by atoms with E-state index in [2.05, 4.69) is 121 Å². The lowest BCUT2D eigenvalue weighted by molar-refractivity contribution is 0.572. The van der Waals surface area contributed by atoms with E-state index in [4.69, 9.17) is 0 Å². The molecule has 0 aromatic heterocycles. The van der Waals surface area contributed by atoms with Crippen molar-refractivity contribution in [3.05, 3.63) is 68.8 Å². The lowest BCUT2D eigenvalue weighted by atomic mass is 9.76. The summed E-state index contributed by atoms with van der Waals surface area (Å²) in [5, 5.41) is 0. The summed E-state index contributed by atoms with van der Waals surface area (Å²) in [6, 6.07) is 10.2. The van der Waals surface area contributed by atoms with Gasteiger partial charge in [-0.3, -0.25) is 0 Å². The molecule has 202 valence electrons. The molecule has 0 aliphatic rings. The van der Waals surface area contributed by atoms with Gasteiger partial charge in [0.05, 0.1) is 0 Å². The molecule has 2 rings (SSSR count). The lowest BCUT2D eigenvalue weighted by Gasteiger charge is -2.29. The lowest BCUT2D eigenvalue weighted by Crippen LogP contribution is -2.17. The molecule has 0 aliphatic carbocycles. The van der Waals surface area contributed by atoms with Crippen molar-refractivity contribution in [2.24, 2.45) is 0 Å². The Hall–Kier alpha value is -1.56. The van der Waals surface area contributed by atoms with Gasteiger partial charge in [-0.1, -0.05) is 121 Å². The van der Waals surface area contributed by atoms with Gasteiger partial charge in [-0.15, -0.1) is 0 Å². The molecule has 0 aliphatic heterocycles. The normalized spacial score (nSPS) is 13.1. The zero-order valence-corrected chi connectivity index (χ0v) is 26.4. The highest BCUT2D eigenvalue weighted by Crippen LogP contribution is 2.37. The summed E-state index contributed by atoms with van der Waals surface area (Å²) in [7, 11) is 0. The van der Waals surface area contributed by atoms with E-state index in [1.807, 2.05) is 0 Å². The molecule has 0 radical (unpaired) electrons. The van der Waals surface area contributed by atoms with E-state index in [0.717, 1.165) is 0 Å². The van der Waals surface area contributed by atoms with Gasteiger partial charge in [0.1, 0.15) is 0 Å². The Kier molecular flexibility index (Phi) is 10.1. The Balaban J connectivity index is 2.33. The monoisotopic (exact) mass is 490 g/mol. The van der Waals surface area contributed by atoms with Crippen LogP contribution in [0.1, 0.15) is 178 Å². The van der Waals surface area contributed by atoms with E-state index < -0.39 is 0 Å². The molecular weight excluding hydrogens is 432 g/mol. The maximum atomic E-state index is 2.56. The zero-order valence-electron chi connectivity index (χ0n) is 26.4. The van der Waals surface area contributed by atoms with Crippen LogP contribution in [0, 0.1) is 0 Å².